The lowest BCUT2D eigenvalue weighted by atomic mass is 9.87. The molecule has 0 unspecified atom stereocenters. The zero-order valence-electron chi connectivity index (χ0n) is 19.3. The first-order chi connectivity index (χ1) is 15.8. The van der Waals surface area contributed by atoms with Crippen molar-refractivity contribution in [2.24, 2.45) is 0 Å². The Morgan fingerprint density at radius 1 is 1.00 bits per heavy atom. The number of rotatable bonds is 4. The van der Waals surface area contributed by atoms with Gasteiger partial charge in [-0.2, -0.15) is 10.2 Å². The van der Waals surface area contributed by atoms with Gasteiger partial charge in [0.05, 0.1) is 0 Å². The molecule has 6 heteroatoms. The molecule has 33 heavy (non-hydrogen) atoms. The van der Waals surface area contributed by atoms with Gasteiger partial charge in [0.15, 0.2) is 0 Å². The molecule has 1 saturated heterocycles. The first-order valence-corrected chi connectivity index (χ1v) is 11.1. The van der Waals surface area contributed by atoms with Crippen LogP contribution in [0.5, 0.6) is 0 Å². The molecular weight excluding hydrogens is 412 g/mol. The average Bonchev–Trinajstić information content (AvgIpc) is 3.26. The minimum absolute atomic E-state index is 0.0226. The SMILES string of the molecule is CC(C)(C)c1ccc(/C=C/c2nc(C#N)c(N3CCN(C(=O)c4ccccc4)CC3)o2)cc1. The number of nitriles is 1. The number of nitrogens with zero attached hydrogens (tertiary/aromatic N) is 4. The Labute approximate surface area is 194 Å². The van der Waals surface area contributed by atoms with Gasteiger partial charge in [-0.15, -0.1) is 0 Å². The highest BCUT2D eigenvalue weighted by atomic mass is 16.4. The summed E-state index contributed by atoms with van der Waals surface area (Å²) in [5.74, 6) is 0.880. The highest BCUT2D eigenvalue weighted by molar-refractivity contribution is 5.94. The van der Waals surface area contributed by atoms with Gasteiger partial charge in [-0.25, -0.2) is 0 Å². The molecule has 4 rings (SSSR count). The van der Waals surface area contributed by atoms with E-state index in [-0.39, 0.29) is 17.0 Å². The summed E-state index contributed by atoms with van der Waals surface area (Å²) in [6.45, 7) is 8.85. The number of aromatic nitrogens is 1. The molecule has 1 fully saturated rings. The van der Waals surface area contributed by atoms with Gasteiger partial charge in [0, 0.05) is 37.8 Å². The minimum Gasteiger partial charge on any atom is -0.420 e. The van der Waals surface area contributed by atoms with Crippen LogP contribution in [-0.4, -0.2) is 42.0 Å². The Morgan fingerprint density at radius 3 is 2.27 bits per heavy atom. The maximum absolute atomic E-state index is 12.7. The van der Waals surface area contributed by atoms with Crippen LogP contribution in [0.3, 0.4) is 0 Å². The first kappa shape index (κ1) is 22.3. The van der Waals surface area contributed by atoms with Gasteiger partial charge < -0.3 is 14.2 Å². The third-order valence-corrected chi connectivity index (χ3v) is 5.80. The van der Waals surface area contributed by atoms with E-state index in [9.17, 15) is 10.1 Å². The van der Waals surface area contributed by atoms with E-state index in [0.29, 0.717) is 43.5 Å². The van der Waals surface area contributed by atoms with Crippen LogP contribution in [0.1, 0.15) is 53.8 Å². The number of amides is 1. The number of benzene rings is 2. The van der Waals surface area contributed by atoms with E-state index in [2.05, 4.69) is 56.1 Å². The van der Waals surface area contributed by atoms with Gasteiger partial charge in [0.1, 0.15) is 6.07 Å². The van der Waals surface area contributed by atoms with Crippen molar-refractivity contribution in [2.45, 2.75) is 26.2 Å². The average molecular weight is 441 g/mol. The predicted octanol–water partition coefficient (Wildman–Crippen LogP) is 4.98. The molecule has 168 valence electrons. The van der Waals surface area contributed by atoms with Crippen molar-refractivity contribution >= 4 is 23.9 Å². The van der Waals surface area contributed by atoms with Crippen LogP contribution in [0.25, 0.3) is 12.2 Å². The fraction of sp³-hybridized carbons (Fsp3) is 0.296. The summed E-state index contributed by atoms with van der Waals surface area (Å²) in [6.07, 6.45) is 3.71. The molecule has 0 bridgehead atoms. The van der Waals surface area contributed by atoms with Gasteiger partial charge in [-0.3, -0.25) is 4.79 Å². The van der Waals surface area contributed by atoms with E-state index in [0.717, 1.165) is 5.56 Å². The van der Waals surface area contributed by atoms with Crippen molar-refractivity contribution in [3.63, 3.8) is 0 Å². The second kappa shape index (κ2) is 9.33. The van der Waals surface area contributed by atoms with Crippen LogP contribution in [-0.2, 0) is 5.41 Å². The number of hydrogen-bond donors (Lipinski definition) is 0. The van der Waals surface area contributed by atoms with E-state index < -0.39 is 0 Å². The van der Waals surface area contributed by atoms with Crippen molar-refractivity contribution in [2.75, 3.05) is 31.1 Å². The molecule has 2 aromatic carbocycles. The van der Waals surface area contributed by atoms with Gasteiger partial charge in [0.2, 0.25) is 17.5 Å². The van der Waals surface area contributed by atoms with E-state index in [1.54, 1.807) is 6.08 Å². The Balaban J connectivity index is 1.43. The molecule has 0 atom stereocenters. The van der Waals surface area contributed by atoms with Crippen molar-refractivity contribution in [3.8, 4) is 6.07 Å². The summed E-state index contributed by atoms with van der Waals surface area (Å²) < 4.78 is 5.93. The van der Waals surface area contributed by atoms with Gasteiger partial charge in [-0.1, -0.05) is 63.2 Å². The van der Waals surface area contributed by atoms with Crippen LogP contribution < -0.4 is 4.90 Å². The molecule has 3 aromatic rings. The number of piperazine rings is 1. The fourth-order valence-electron chi connectivity index (χ4n) is 3.82. The molecule has 0 spiro atoms. The normalized spacial score (nSPS) is 14.5. The summed E-state index contributed by atoms with van der Waals surface area (Å²) in [5.41, 5.74) is 3.37. The van der Waals surface area contributed by atoms with E-state index >= 15 is 0 Å². The van der Waals surface area contributed by atoms with E-state index in [1.165, 1.54) is 5.56 Å². The Hall–Kier alpha value is -3.85. The maximum Gasteiger partial charge on any atom is 0.253 e. The molecule has 6 nitrogen and oxygen atoms in total. The Morgan fingerprint density at radius 2 is 1.67 bits per heavy atom. The van der Waals surface area contributed by atoms with Crippen LogP contribution in [0, 0.1) is 11.3 Å². The van der Waals surface area contributed by atoms with Crippen LogP contribution in [0.4, 0.5) is 5.88 Å². The van der Waals surface area contributed by atoms with Crippen molar-refractivity contribution in [1.82, 2.24) is 9.88 Å². The van der Waals surface area contributed by atoms with E-state index in [1.807, 2.05) is 46.2 Å². The Bertz CT molecular complexity index is 1170. The zero-order chi connectivity index (χ0) is 23.4. The Kier molecular flexibility index (Phi) is 6.32. The predicted molar refractivity (Wildman–Crippen MR) is 130 cm³/mol. The molecule has 1 aliphatic heterocycles. The number of oxazole rings is 1. The summed E-state index contributed by atoms with van der Waals surface area (Å²) in [7, 11) is 0. The number of hydrogen-bond acceptors (Lipinski definition) is 5. The lowest BCUT2D eigenvalue weighted by molar-refractivity contribution is 0.0745. The molecular formula is C27H28N4O2. The fourth-order valence-corrected chi connectivity index (χ4v) is 3.82. The molecule has 0 saturated carbocycles. The highest BCUT2D eigenvalue weighted by Gasteiger charge is 2.26. The molecule has 0 aliphatic carbocycles. The minimum atomic E-state index is 0.0226. The van der Waals surface area contributed by atoms with Crippen LogP contribution in [0.15, 0.2) is 59.0 Å². The third kappa shape index (κ3) is 5.15. The van der Waals surface area contributed by atoms with Crippen LogP contribution in [0.2, 0.25) is 0 Å². The zero-order valence-corrected chi connectivity index (χ0v) is 19.3. The van der Waals surface area contributed by atoms with Crippen molar-refractivity contribution < 1.29 is 9.21 Å². The first-order valence-electron chi connectivity index (χ1n) is 11.1. The van der Waals surface area contributed by atoms with Crippen molar-refractivity contribution in [1.29, 1.82) is 5.26 Å². The molecule has 0 radical (unpaired) electrons. The standard InChI is InChI=1S/C27H28N4O2/c1-27(2,3)22-12-9-20(10-13-22)11-14-24-29-23(19-28)26(33-24)31-17-15-30(16-18-31)25(32)21-7-5-4-6-8-21/h4-14H,15-18H2,1-3H3/b14-11+. The highest BCUT2D eigenvalue weighted by Crippen LogP contribution is 2.25. The molecule has 1 aromatic heterocycles. The summed E-state index contributed by atoms with van der Waals surface area (Å²) in [4.78, 5) is 20.8. The van der Waals surface area contributed by atoms with Crippen LogP contribution >= 0.6 is 0 Å². The second-order valence-corrected chi connectivity index (χ2v) is 9.17. The topological polar surface area (TPSA) is 73.4 Å². The molecule has 1 aliphatic rings. The van der Waals surface area contributed by atoms with Gasteiger partial charge in [-0.05, 0) is 34.8 Å². The summed E-state index contributed by atoms with van der Waals surface area (Å²) in [6, 6.07) is 19.8. The third-order valence-electron chi connectivity index (χ3n) is 5.80. The number of carbonyl (C=O) groups is 1. The molecule has 1 amide bonds. The summed E-state index contributed by atoms with van der Waals surface area (Å²) >= 11 is 0. The smallest absolute Gasteiger partial charge is 0.253 e. The monoisotopic (exact) mass is 440 g/mol. The van der Waals surface area contributed by atoms with E-state index in [4.69, 9.17) is 4.42 Å². The molecule has 2 heterocycles. The number of anilines is 1. The quantitative estimate of drug-likeness (QED) is 0.572. The molecule has 0 N–H and O–H groups in total. The largest absolute Gasteiger partial charge is 0.420 e. The second-order valence-electron chi connectivity index (χ2n) is 9.17. The summed E-state index contributed by atoms with van der Waals surface area (Å²) in [5, 5.41) is 9.56. The van der Waals surface area contributed by atoms with Crippen molar-refractivity contribution in [3.05, 3.63) is 82.9 Å². The van der Waals surface area contributed by atoms with Gasteiger partial charge in [0.25, 0.3) is 5.91 Å². The lowest BCUT2D eigenvalue weighted by Gasteiger charge is -2.34. The number of carbonyl (C=O) groups excluding carboxylic acids is 1. The lowest BCUT2D eigenvalue weighted by Crippen LogP contribution is -2.48. The maximum atomic E-state index is 12.7. The van der Waals surface area contributed by atoms with Gasteiger partial charge >= 0.3 is 0 Å².